The van der Waals surface area contributed by atoms with Crippen LogP contribution in [0.3, 0.4) is 0 Å². The third-order valence-corrected chi connectivity index (χ3v) is 1.52. The summed E-state index contributed by atoms with van der Waals surface area (Å²) in [5, 5.41) is 7.34. The quantitative estimate of drug-likeness (QED) is 0.529. The zero-order valence-electron chi connectivity index (χ0n) is 5.66. The van der Waals surface area contributed by atoms with Crippen LogP contribution in [-0.2, 0) is 4.84 Å². The van der Waals surface area contributed by atoms with Crippen LogP contribution in [0.2, 0.25) is 0 Å². The van der Waals surface area contributed by atoms with Gasteiger partial charge in [-0.05, 0) is 19.4 Å². The largest absolute Gasteiger partial charge is 0.348 e. The number of hydrogen-bond acceptors (Lipinski definition) is 3. The van der Waals surface area contributed by atoms with Crippen molar-refractivity contribution < 1.29 is 4.84 Å². The molecule has 0 aromatic rings. The number of hydrogen-bond donors (Lipinski definition) is 0. The predicted molar refractivity (Wildman–Crippen MR) is 33.8 cm³/mol. The van der Waals surface area contributed by atoms with E-state index < -0.39 is 0 Å². The van der Waals surface area contributed by atoms with Crippen LogP contribution in [0.5, 0.6) is 0 Å². The highest BCUT2D eigenvalue weighted by molar-refractivity contribution is 5.01. The maximum absolute atomic E-state index is 4.54. The lowest BCUT2D eigenvalue weighted by molar-refractivity contribution is 0.202. The lowest BCUT2D eigenvalue weighted by Crippen LogP contribution is -2.17. The summed E-state index contributed by atoms with van der Waals surface area (Å²) < 4.78 is 0. The first-order valence-corrected chi connectivity index (χ1v) is 3.02. The highest BCUT2D eigenvalue weighted by Gasteiger charge is 2.19. The van der Waals surface area contributed by atoms with Gasteiger partial charge in [0.25, 0.3) is 0 Å². The van der Waals surface area contributed by atoms with E-state index in [0.29, 0.717) is 0 Å². The van der Waals surface area contributed by atoms with E-state index in [4.69, 9.17) is 0 Å². The normalized spacial score (nSPS) is 32.2. The van der Waals surface area contributed by atoms with Gasteiger partial charge in [-0.25, -0.2) is 0 Å². The van der Waals surface area contributed by atoms with Crippen LogP contribution in [0.15, 0.2) is 22.7 Å². The standard InChI is InChI=1S/C6H10N2O/c1-3-6(2)4-5-9-8-7-6/h4-5H,3H2,1-2H3. The molecule has 0 saturated heterocycles. The Morgan fingerprint density at radius 3 is 2.78 bits per heavy atom. The highest BCUT2D eigenvalue weighted by atomic mass is 16.6. The molecule has 0 aliphatic carbocycles. The molecule has 0 spiro atoms. The van der Waals surface area contributed by atoms with Gasteiger partial charge in [-0.3, -0.25) is 0 Å². The molecule has 9 heavy (non-hydrogen) atoms. The van der Waals surface area contributed by atoms with Gasteiger partial charge >= 0.3 is 0 Å². The molecule has 1 unspecified atom stereocenters. The molecule has 3 heteroatoms. The molecule has 0 saturated carbocycles. The topological polar surface area (TPSA) is 34.0 Å². The van der Waals surface area contributed by atoms with Crippen LogP contribution in [0.25, 0.3) is 0 Å². The lowest BCUT2D eigenvalue weighted by atomic mass is 10.0. The van der Waals surface area contributed by atoms with Gasteiger partial charge in [-0.1, -0.05) is 6.92 Å². The van der Waals surface area contributed by atoms with Crippen molar-refractivity contribution >= 4 is 0 Å². The van der Waals surface area contributed by atoms with Gasteiger partial charge in [0.2, 0.25) is 0 Å². The highest BCUT2D eigenvalue weighted by Crippen LogP contribution is 2.20. The Labute approximate surface area is 54.4 Å². The van der Waals surface area contributed by atoms with Crippen LogP contribution in [-0.4, -0.2) is 5.54 Å². The van der Waals surface area contributed by atoms with E-state index in [-0.39, 0.29) is 5.54 Å². The monoisotopic (exact) mass is 126 g/mol. The summed E-state index contributed by atoms with van der Waals surface area (Å²) in [7, 11) is 0. The summed E-state index contributed by atoms with van der Waals surface area (Å²) in [5.41, 5.74) is -0.127. The molecule has 3 nitrogen and oxygen atoms in total. The zero-order chi connectivity index (χ0) is 6.74. The van der Waals surface area contributed by atoms with Gasteiger partial charge in [-0.15, -0.1) is 5.11 Å². The Hall–Kier alpha value is -0.860. The summed E-state index contributed by atoms with van der Waals surface area (Å²) in [6.07, 6.45) is 4.42. The van der Waals surface area contributed by atoms with Crippen molar-refractivity contribution in [3.63, 3.8) is 0 Å². The Morgan fingerprint density at radius 2 is 2.44 bits per heavy atom. The van der Waals surface area contributed by atoms with E-state index in [2.05, 4.69) is 22.2 Å². The van der Waals surface area contributed by atoms with Gasteiger partial charge in [-0.2, -0.15) is 0 Å². The fourth-order valence-electron chi connectivity index (χ4n) is 0.543. The summed E-state index contributed by atoms with van der Waals surface area (Å²) in [6.45, 7) is 4.07. The van der Waals surface area contributed by atoms with Gasteiger partial charge in [0, 0.05) is 5.28 Å². The van der Waals surface area contributed by atoms with E-state index in [1.165, 1.54) is 0 Å². The molecule has 1 rings (SSSR count). The van der Waals surface area contributed by atoms with Crippen LogP contribution in [0, 0.1) is 0 Å². The molecule has 0 fully saturated rings. The minimum Gasteiger partial charge on any atom is -0.348 e. The summed E-state index contributed by atoms with van der Waals surface area (Å²) in [5.74, 6) is 0. The molecule has 0 amide bonds. The first-order valence-electron chi connectivity index (χ1n) is 3.02. The molecule has 0 aromatic heterocycles. The SMILES string of the molecule is CCC1(C)C=CON=N1. The minimum atomic E-state index is -0.127. The Balaban J connectivity index is 2.67. The third-order valence-electron chi connectivity index (χ3n) is 1.52. The Morgan fingerprint density at radius 1 is 1.67 bits per heavy atom. The third kappa shape index (κ3) is 1.28. The maximum atomic E-state index is 4.54. The molecule has 1 aliphatic rings. The van der Waals surface area contributed by atoms with Crippen molar-refractivity contribution in [2.24, 2.45) is 10.4 Å². The van der Waals surface area contributed by atoms with Crippen molar-refractivity contribution in [3.8, 4) is 0 Å². The zero-order valence-corrected chi connectivity index (χ0v) is 5.66. The van der Waals surface area contributed by atoms with E-state index in [1.807, 2.05) is 13.0 Å². The molecule has 1 heterocycles. The molecule has 0 N–H and O–H groups in total. The van der Waals surface area contributed by atoms with Gasteiger partial charge in [0.15, 0.2) is 0 Å². The molecule has 0 bridgehead atoms. The molecule has 1 atom stereocenters. The van der Waals surface area contributed by atoms with Crippen molar-refractivity contribution in [2.45, 2.75) is 25.8 Å². The number of nitrogens with zero attached hydrogens (tertiary/aromatic N) is 2. The Bertz CT molecular complexity index is 139. The van der Waals surface area contributed by atoms with E-state index in [1.54, 1.807) is 6.26 Å². The minimum absolute atomic E-state index is 0.127. The smallest absolute Gasteiger partial charge is 0.122 e. The fraction of sp³-hybridized carbons (Fsp3) is 0.667. The summed E-state index contributed by atoms with van der Waals surface area (Å²) in [6, 6.07) is 0. The first-order chi connectivity index (χ1) is 4.27. The van der Waals surface area contributed by atoms with Crippen molar-refractivity contribution in [2.75, 3.05) is 0 Å². The number of rotatable bonds is 1. The lowest BCUT2D eigenvalue weighted by Gasteiger charge is -2.17. The molecule has 0 radical (unpaired) electrons. The average molecular weight is 126 g/mol. The van der Waals surface area contributed by atoms with Crippen molar-refractivity contribution in [1.82, 2.24) is 0 Å². The van der Waals surface area contributed by atoms with Gasteiger partial charge in [0.05, 0.1) is 0 Å². The van der Waals surface area contributed by atoms with E-state index in [0.717, 1.165) is 6.42 Å². The molecule has 1 aliphatic heterocycles. The Kier molecular flexibility index (Phi) is 1.51. The van der Waals surface area contributed by atoms with Crippen LogP contribution in [0.4, 0.5) is 0 Å². The average Bonchev–Trinajstić information content (AvgIpc) is 1.90. The predicted octanol–water partition coefficient (Wildman–Crippen LogP) is 2.07. The van der Waals surface area contributed by atoms with Crippen LogP contribution in [0.1, 0.15) is 20.3 Å². The molecule has 0 aromatic carbocycles. The van der Waals surface area contributed by atoms with E-state index >= 15 is 0 Å². The fourth-order valence-corrected chi connectivity index (χ4v) is 0.543. The molecular weight excluding hydrogens is 116 g/mol. The van der Waals surface area contributed by atoms with E-state index in [9.17, 15) is 0 Å². The van der Waals surface area contributed by atoms with Gasteiger partial charge < -0.3 is 4.84 Å². The van der Waals surface area contributed by atoms with Gasteiger partial charge in [0.1, 0.15) is 11.8 Å². The molecular formula is C6H10N2O. The summed E-state index contributed by atoms with van der Waals surface area (Å²) in [4.78, 5) is 4.54. The maximum Gasteiger partial charge on any atom is 0.122 e. The van der Waals surface area contributed by atoms with Crippen LogP contribution < -0.4 is 0 Å². The second-order valence-corrected chi connectivity index (χ2v) is 2.30. The first kappa shape index (κ1) is 6.26. The summed E-state index contributed by atoms with van der Waals surface area (Å²) >= 11 is 0. The van der Waals surface area contributed by atoms with Crippen molar-refractivity contribution in [1.29, 1.82) is 0 Å². The second-order valence-electron chi connectivity index (χ2n) is 2.30. The van der Waals surface area contributed by atoms with Crippen molar-refractivity contribution in [3.05, 3.63) is 12.3 Å². The second kappa shape index (κ2) is 2.17. The molecule has 50 valence electrons. The van der Waals surface area contributed by atoms with Crippen LogP contribution >= 0.6 is 0 Å².